The summed E-state index contributed by atoms with van der Waals surface area (Å²) in [6.45, 7) is 2.11. The number of benzene rings is 2. The summed E-state index contributed by atoms with van der Waals surface area (Å²) >= 11 is 0. The number of pyridine rings is 1. The summed E-state index contributed by atoms with van der Waals surface area (Å²) in [5.74, 6) is 0. The number of hydrogen-bond donors (Lipinski definition) is 0. The Labute approximate surface area is 104 Å². The molecular formula is C16H11NO. The van der Waals surface area contributed by atoms with Gasteiger partial charge in [-0.3, -0.25) is 4.98 Å². The third-order valence-corrected chi connectivity index (χ3v) is 3.41. The first kappa shape index (κ1) is 9.66. The van der Waals surface area contributed by atoms with E-state index in [1.807, 2.05) is 18.3 Å². The highest BCUT2D eigenvalue weighted by molar-refractivity contribution is 6.18. The molecule has 2 heterocycles. The molecule has 0 spiro atoms. The fraction of sp³-hybridized carbons (Fsp3) is 0.0625. The number of hydrogen-bond acceptors (Lipinski definition) is 2. The van der Waals surface area contributed by atoms with E-state index in [1.54, 1.807) is 6.20 Å². The molecule has 0 saturated carbocycles. The van der Waals surface area contributed by atoms with Crippen LogP contribution in [0.25, 0.3) is 32.7 Å². The van der Waals surface area contributed by atoms with Crippen molar-refractivity contribution in [1.82, 2.24) is 4.98 Å². The van der Waals surface area contributed by atoms with Gasteiger partial charge in [-0.25, -0.2) is 0 Å². The molecule has 18 heavy (non-hydrogen) atoms. The normalized spacial score (nSPS) is 11.6. The molecule has 0 bridgehead atoms. The van der Waals surface area contributed by atoms with Crippen LogP contribution in [0.4, 0.5) is 0 Å². The summed E-state index contributed by atoms with van der Waals surface area (Å²) in [5, 5.41) is 4.72. The predicted molar refractivity (Wildman–Crippen MR) is 73.8 cm³/mol. The number of aromatic nitrogens is 1. The van der Waals surface area contributed by atoms with Crippen LogP contribution < -0.4 is 0 Å². The third kappa shape index (κ3) is 1.20. The topological polar surface area (TPSA) is 26.0 Å². The molecule has 2 nitrogen and oxygen atoms in total. The van der Waals surface area contributed by atoms with Crippen molar-refractivity contribution in [2.75, 3.05) is 0 Å². The van der Waals surface area contributed by atoms with Gasteiger partial charge in [-0.2, -0.15) is 0 Å². The SMILES string of the molecule is Cc1ccc2c(ccc3oc4ccncc4c32)c1. The van der Waals surface area contributed by atoms with Gasteiger partial charge in [0.05, 0.1) is 0 Å². The second-order valence-corrected chi connectivity index (χ2v) is 4.64. The first-order valence-electron chi connectivity index (χ1n) is 5.98. The average molecular weight is 233 g/mol. The predicted octanol–water partition coefficient (Wildman–Crippen LogP) is 4.44. The van der Waals surface area contributed by atoms with Gasteiger partial charge in [0, 0.05) is 23.2 Å². The summed E-state index contributed by atoms with van der Waals surface area (Å²) < 4.78 is 5.85. The molecular weight excluding hydrogens is 222 g/mol. The lowest BCUT2D eigenvalue weighted by atomic mass is 10.0. The lowest BCUT2D eigenvalue weighted by Crippen LogP contribution is -1.77. The van der Waals surface area contributed by atoms with E-state index in [0.29, 0.717) is 0 Å². The van der Waals surface area contributed by atoms with Gasteiger partial charge in [-0.15, -0.1) is 0 Å². The Morgan fingerprint density at radius 2 is 1.89 bits per heavy atom. The molecule has 0 fully saturated rings. The van der Waals surface area contributed by atoms with Crippen LogP contribution in [0.3, 0.4) is 0 Å². The van der Waals surface area contributed by atoms with E-state index in [2.05, 4.69) is 36.2 Å². The molecule has 0 aliphatic carbocycles. The summed E-state index contributed by atoms with van der Waals surface area (Å²) in [5.41, 5.74) is 3.09. The Morgan fingerprint density at radius 1 is 0.944 bits per heavy atom. The molecule has 0 aliphatic heterocycles. The minimum Gasteiger partial charge on any atom is -0.456 e. The van der Waals surface area contributed by atoms with Crippen molar-refractivity contribution in [2.45, 2.75) is 6.92 Å². The Balaban J connectivity index is 2.32. The van der Waals surface area contributed by atoms with Gasteiger partial charge >= 0.3 is 0 Å². The van der Waals surface area contributed by atoms with E-state index in [9.17, 15) is 0 Å². The van der Waals surface area contributed by atoms with E-state index in [0.717, 1.165) is 21.9 Å². The molecule has 0 unspecified atom stereocenters. The van der Waals surface area contributed by atoms with Crippen LogP contribution in [0.1, 0.15) is 5.56 Å². The quantitative estimate of drug-likeness (QED) is 0.448. The van der Waals surface area contributed by atoms with Crippen molar-refractivity contribution in [3.8, 4) is 0 Å². The fourth-order valence-electron chi connectivity index (χ4n) is 2.57. The highest BCUT2D eigenvalue weighted by Crippen LogP contribution is 2.34. The minimum absolute atomic E-state index is 0.896. The molecule has 86 valence electrons. The van der Waals surface area contributed by atoms with Crippen LogP contribution in [0.5, 0.6) is 0 Å². The van der Waals surface area contributed by atoms with Gasteiger partial charge < -0.3 is 4.42 Å². The molecule has 0 saturated heterocycles. The highest BCUT2D eigenvalue weighted by atomic mass is 16.3. The van der Waals surface area contributed by atoms with Crippen molar-refractivity contribution >= 4 is 32.7 Å². The molecule has 0 aliphatic rings. The maximum absolute atomic E-state index is 5.85. The summed E-state index contributed by atoms with van der Waals surface area (Å²) in [6, 6.07) is 12.6. The Kier molecular flexibility index (Phi) is 1.78. The molecule has 0 amide bonds. The largest absolute Gasteiger partial charge is 0.456 e. The maximum Gasteiger partial charge on any atom is 0.138 e. The van der Waals surface area contributed by atoms with Crippen LogP contribution in [0.2, 0.25) is 0 Å². The van der Waals surface area contributed by atoms with Crippen molar-refractivity contribution < 1.29 is 4.42 Å². The average Bonchev–Trinajstić information content (AvgIpc) is 2.77. The molecule has 0 radical (unpaired) electrons. The van der Waals surface area contributed by atoms with Crippen LogP contribution in [0, 0.1) is 6.92 Å². The molecule has 4 aromatic rings. The lowest BCUT2D eigenvalue weighted by Gasteiger charge is -2.00. The van der Waals surface area contributed by atoms with Gasteiger partial charge in [-0.1, -0.05) is 29.8 Å². The smallest absolute Gasteiger partial charge is 0.138 e. The van der Waals surface area contributed by atoms with Crippen LogP contribution >= 0.6 is 0 Å². The van der Waals surface area contributed by atoms with E-state index in [-0.39, 0.29) is 0 Å². The number of fused-ring (bicyclic) bond motifs is 5. The van der Waals surface area contributed by atoms with Gasteiger partial charge in [0.1, 0.15) is 11.2 Å². The van der Waals surface area contributed by atoms with Gasteiger partial charge in [0.15, 0.2) is 0 Å². The molecule has 2 aromatic heterocycles. The Morgan fingerprint density at radius 3 is 2.83 bits per heavy atom. The molecule has 2 heteroatoms. The zero-order valence-corrected chi connectivity index (χ0v) is 9.97. The zero-order valence-electron chi connectivity index (χ0n) is 9.97. The van der Waals surface area contributed by atoms with E-state index in [4.69, 9.17) is 4.42 Å². The lowest BCUT2D eigenvalue weighted by molar-refractivity contribution is 0.668. The van der Waals surface area contributed by atoms with Crippen LogP contribution in [0.15, 0.2) is 53.2 Å². The third-order valence-electron chi connectivity index (χ3n) is 3.41. The van der Waals surface area contributed by atoms with Gasteiger partial charge in [-0.05, 0) is 29.8 Å². The Bertz CT molecular complexity index is 889. The number of nitrogens with zero attached hydrogens (tertiary/aromatic N) is 1. The van der Waals surface area contributed by atoms with Crippen LogP contribution in [-0.4, -0.2) is 4.98 Å². The summed E-state index contributed by atoms with van der Waals surface area (Å²) in [4.78, 5) is 4.20. The number of furan rings is 1. The van der Waals surface area contributed by atoms with Crippen molar-refractivity contribution in [1.29, 1.82) is 0 Å². The van der Waals surface area contributed by atoms with Crippen LogP contribution in [-0.2, 0) is 0 Å². The standard InChI is InChI=1S/C16H11NO/c1-10-2-4-12-11(8-10)3-5-15-16(12)13-9-17-7-6-14(13)18-15/h2-9H,1H3. The van der Waals surface area contributed by atoms with Crippen molar-refractivity contribution in [3.05, 3.63) is 54.4 Å². The highest BCUT2D eigenvalue weighted by Gasteiger charge is 2.09. The van der Waals surface area contributed by atoms with Crippen molar-refractivity contribution in [2.24, 2.45) is 0 Å². The monoisotopic (exact) mass is 233 g/mol. The Hall–Kier alpha value is -2.35. The summed E-state index contributed by atoms with van der Waals surface area (Å²) in [7, 11) is 0. The van der Waals surface area contributed by atoms with Crippen molar-refractivity contribution in [3.63, 3.8) is 0 Å². The molecule has 0 atom stereocenters. The van der Waals surface area contributed by atoms with E-state index >= 15 is 0 Å². The zero-order chi connectivity index (χ0) is 12.1. The molecule has 2 aromatic carbocycles. The van der Waals surface area contributed by atoms with Gasteiger partial charge in [0.2, 0.25) is 0 Å². The molecule has 0 N–H and O–H groups in total. The number of rotatable bonds is 0. The van der Waals surface area contributed by atoms with Gasteiger partial charge in [0.25, 0.3) is 0 Å². The fourth-order valence-corrected chi connectivity index (χ4v) is 2.57. The second-order valence-electron chi connectivity index (χ2n) is 4.64. The first-order chi connectivity index (χ1) is 8.83. The maximum atomic E-state index is 5.85. The summed E-state index contributed by atoms with van der Waals surface area (Å²) in [6.07, 6.45) is 3.64. The number of aryl methyl sites for hydroxylation is 1. The second kappa shape index (κ2) is 3.33. The minimum atomic E-state index is 0.896. The van der Waals surface area contributed by atoms with E-state index < -0.39 is 0 Å². The first-order valence-corrected chi connectivity index (χ1v) is 5.98. The van der Waals surface area contributed by atoms with E-state index in [1.165, 1.54) is 16.3 Å². The molecule has 4 rings (SSSR count).